The Bertz CT molecular complexity index is 153. The molecule has 14 heavy (non-hydrogen) atoms. The van der Waals surface area contributed by atoms with Crippen LogP contribution in [-0.4, -0.2) is 41.5 Å². The molecule has 0 saturated heterocycles. The van der Waals surface area contributed by atoms with Gasteiger partial charge in [-0.25, -0.2) is 0 Å². The van der Waals surface area contributed by atoms with Gasteiger partial charge in [0.25, 0.3) is 0 Å². The highest BCUT2D eigenvalue weighted by Gasteiger charge is 2.11. The highest BCUT2D eigenvalue weighted by atomic mass is 35.5. The summed E-state index contributed by atoms with van der Waals surface area (Å²) in [7, 11) is 0. The Morgan fingerprint density at radius 2 is 2.07 bits per heavy atom. The van der Waals surface area contributed by atoms with E-state index in [4.69, 9.17) is 16.7 Å². The fourth-order valence-corrected chi connectivity index (χ4v) is 1.34. The Balaban J connectivity index is 3.84. The molecule has 0 atom stereocenters. The molecule has 3 nitrogen and oxygen atoms in total. The average Bonchev–Trinajstić information content (AvgIpc) is 2.20. The maximum Gasteiger partial charge on any atom is 0.222 e. The fourth-order valence-electron chi connectivity index (χ4n) is 1.21. The van der Waals surface area contributed by atoms with Crippen LogP contribution in [0.2, 0.25) is 0 Å². The molecule has 0 heterocycles. The first-order valence-corrected chi connectivity index (χ1v) is 5.74. The van der Waals surface area contributed by atoms with Crippen molar-refractivity contribution in [3.8, 4) is 0 Å². The van der Waals surface area contributed by atoms with Crippen molar-refractivity contribution < 1.29 is 9.90 Å². The second-order valence-corrected chi connectivity index (χ2v) is 3.63. The molecule has 0 aromatic heterocycles. The van der Waals surface area contributed by atoms with Crippen molar-refractivity contribution in [1.82, 2.24) is 4.90 Å². The molecule has 0 aliphatic rings. The third kappa shape index (κ3) is 6.22. The predicted octanol–water partition coefficient (Wildman–Crippen LogP) is 1.63. The smallest absolute Gasteiger partial charge is 0.222 e. The number of amides is 1. The van der Waals surface area contributed by atoms with Gasteiger partial charge in [0.1, 0.15) is 0 Å². The second kappa shape index (κ2) is 9.28. The van der Waals surface area contributed by atoms with Crippen LogP contribution in [0, 0.1) is 0 Å². The topological polar surface area (TPSA) is 40.5 Å². The number of unbranched alkanes of at least 4 members (excludes halogenated alkanes) is 1. The number of alkyl halides is 1. The minimum Gasteiger partial charge on any atom is -0.395 e. The van der Waals surface area contributed by atoms with Gasteiger partial charge in [0.2, 0.25) is 5.91 Å². The molecule has 0 aromatic carbocycles. The lowest BCUT2D eigenvalue weighted by Gasteiger charge is -2.21. The van der Waals surface area contributed by atoms with Crippen LogP contribution >= 0.6 is 11.6 Å². The van der Waals surface area contributed by atoms with Gasteiger partial charge in [0.05, 0.1) is 6.61 Å². The molecule has 0 radical (unpaired) electrons. The number of rotatable bonds is 8. The van der Waals surface area contributed by atoms with Crippen molar-refractivity contribution in [2.75, 3.05) is 25.6 Å². The molecular formula is C10H20ClNO2. The summed E-state index contributed by atoms with van der Waals surface area (Å²) >= 11 is 5.51. The zero-order chi connectivity index (χ0) is 10.8. The number of halogens is 1. The van der Waals surface area contributed by atoms with Crippen molar-refractivity contribution in [2.45, 2.75) is 32.6 Å². The number of aliphatic hydroxyl groups is 1. The number of nitrogens with zero attached hydrogens (tertiary/aromatic N) is 1. The molecule has 0 saturated carbocycles. The molecule has 0 aromatic rings. The quantitative estimate of drug-likeness (QED) is 0.633. The lowest BCUT2D eigenvalue weighted by molar-refractivity contribution is -0.131. The van der Waals surface area contributed by atoms with Crippen LogP contribution in [0.3, 0.4) is 0 Å². The zero-order valence-electron chi connectivity index (χ0n) is 8.84. The van der Waals surface area contributed by atoms with E-state index in [2.05, 4.69) is 6.92 Å². The molecule has 0 aliphatic carbocycles. The minimum absolute atomic E-state index is 0.0380. The zero-order valence-corrected chi connectivity index (χ0v) is 9.59. The monoisotopic (exact) mass is 221 g/mol. The van der Waals surface area contributed by atoms with Crippen LogP contribution in [0.25, 0.3) is 0 Å². The number of aliphatic hydroxyl groups excluding tert-OH is 1. The van der Waals surface area contributed by atoms with Gasteiger partial charge >= 0.3 is 0 Å². The Hall–Kier alpha value is -0.280. The standard InChI is InChI=1S/C10H20ClNO2/c1-2-3-7-12(8-9-13)10(14)5-4-6-11/h13H,2-9H2,1H3. The van der Waals surface area contributed by atoms with Crippen LogP contribution in [0.5, 0.6) is 0 Å². The largest absolute Gasteiger partial charge is 0.395 e. The summed E-state index contributed by atoms with van der Waals surface area (Å²) in [5.74, 6) is 0.625. The highest BCUT2D eigenvalue weighted by Crippen LogP contribution is 2.01. The van der Waals surface area contributed by atoms with E-state index in [1.807, 2.05) is 0 Å². The van der Waals surface area contributed by atoms with Gasteiger partial charge in [-0.1, -0.05) is 13.3 Å². The molecule has 84 valence electrons. The Morgan fingerprint density at radius 1 is 1.36 bits per heavy atom. The molecule has 0 fully saturated rings. The van der Waals surface area contributed by atoms with E-state index < -0.39 is 0 Å². The van der Waals surface area contributed by atoms with E-state index in [0.717, 1.165) is 19.4 Å². The van der Waals surface area contributed by atoms with Gasteiger partial charge in [-0.15, -0.1) is 11.6 Å². The lowest BCUT2D eigenvalue weighted by atomic mass is 10.2. The van der Waals surface area contributed by atoms with E-state index in [1.165, 1.54) is 0 Å². The average molecular weight is 222 g/mol. The van der Waals surface area contributed by atoms with E-state index >= 15 is 0 Å². The Morgan fingerprint density at radius 3 is 2.57 bits per heavy atom. The number of carbonyl (C=O) groups excluding carboxylic acids is 1. The van der Waals surface area contributed by atoms with Crippen molar-refractivity contribution in [3.63, 3.8) is 0 Å². The molecule has 1 N–H and O–H groups in total. The van der Waals surface area contributed by atoms with E-state index in [-0.39, 0.29) is 12.5 Å². The predicted molar refractivity (Wildman–Crippen MR) is 58.5 cm³/mol. The van der Waals surface area contributed by atoms with Crippen LogP contribution in [-0.2, 0) is 4.79 Å². The van der Waals surface area contributed by atoms with Crippen molar-refractivity contribution in [1.29, 1.82) is 0 Å². The summed E-state index contributed by atoms with van der Waals surface area (Å²) in [4.78, 5) is 13.3. The summed E-state index contributed by atoms with van der Waals surface area (Å²) < 4.78 is 0. The minimum atomic E-state index is 0.0380. The van der Waals surface area contributed by atoms with Gasteiger partial charge in [-0.3, -0.25) is 4.79 Å². The van der Waals surface area contributed by atoms with Crippen molar-refractivity contribution in [3.05, 3.63) is 0 Å². The number of hydrogen-bond donors (Lipinski definition) is 1. The third-order valence-electron chi connectivity index (χ3n) is 2.03. The number of carbonyl (C=O) groups is 1. The first-order valence-electron chi connectivity index (χ1n) is 5.20. The Kier molecular flexibility index (Phi) is 9.10. The second-order valence-electron chi connectivity index (χ2n) is 3.25. The summed E-state index contributed by atoms with van der Waals surface area (Å²) in [6, 6.07) is 0. The molecule has 0 unspecified atom stereocenters. The maximum atomic E-state index is 11.6. The molecule has 4 heteroatoms. The van der Waals surface area contributed by atoms with E-state index in [0.29, 0.717) is 25.3 Å². The molecule has 0 aliphatic heterocycles. The summed E-state index contributed by atoms with van der Waals surface area (Å²) in [5.41, 5.74) is 0. The SMILES string of the molecule is CCCCN(CCO)C(=O)CCCCl. The highest BCUT2D eigenvalue weighted by molar-refractivity contribution is 6.17. The van der Waals surface area contributed by atoms with Crippen molar-refractivity contribution >= 4 is 17.5 Å². The van der Waals surface area contributed by atoms with Crippen LogP contribution in [0.15, 0.2) is 0 Å². The van der Waals surface area contributed by atoms with Gasteiger partial charge < -0.3 is 10.0 Å². The Labute approximate surface area is 91.0 Å². The van der Waals surface area contributed by atoms with Crippen LogP contribution in [0.1, 0.15) is 32.6 Å². The molecular weight excluding hydrogens is 202 g/mol. The molecule has 0 bridgehead atoms. The first kappa shape index (κ1) is 13.7. The van der Waals surface area contributed by atoms with E-state index in [9.17, 15) is 4.79 Å². The molecule has 0 spiro atoms. The van der Waals surface area contributed by atoms with Crippen LogP contribution < -0.4 is 0 Å². The number of hydrogen-bond acceptors (Lipinski definition) is 2. The van der Waals surface area contributed by atoms with Gasteiger partial charge in [-0.2, -0.15) is 0 Å². The normalized spacial score (nSPS) is 10.2. The maximum absolute atomic E-state index is 11.6. The molecule has 0 rings (SSSR count). The van der Waals surface area contributed by atoms with Gasteiger partial charge in [0.15, 0.2) is 0 Å². The van der Waals surface area contributed by atoms with E-state index in [1.54, 1.807) is 4.90 Å². The van der Waals surface area contributed by atoms with Crippen molar-refractivity contribution in [2.24, 2.45) is 0 Å². The molecule has 1 amide bonds. The third-order valence-corrected chi connectivity index (χ3v) is 2.30. The fraction of sp³-hybridized carbons (Fsp3) is 0.900. The lowest BCUT2D eigenvalue weighted by Crippen LogP contribution is -2.34. The summed E-state index contributed by atoms with van der Waals surface area (Å²) in [6.07, 6.45) is 3.26. The van der Waals surface area contributed by atoms with Crippen LogP contribution in [0.4, 0.5) is 0 Å². The summed E-state index contributed by atoms with van der Waals surface area (Å²) in [6.45, 7) is 3.32. The van der Waals surface area contributed by atoms with Gasteiger partial charge in [-0.05, 0) is 12.8 Å². The van der Waals surface area contributed by atoms with Gasteiger partial charge in [0, 0.05) is 25.4 Å². The first-order chi connectivity index (χ1) is 6.76. The summed E-state index contributed by atoms with van der Waals surface area (Å²) in [5, 5.41) is 8.79.